The highest BCUT2D eigenvalue weighted by Crippen LogP contribution is 2.35. The van der Waals surface area contributed by atoms with Gasteiger partial charge in [-0.3, -0.25) is 19.3 Å². The number of phenols is 1. The number of rotatable bonds is 3. The molecule has 0 radical (unpaired) electrons. The van der Waals surface area contributed by atoms with Crippen molar-refractivity contribution >= 4 is 73.5 Å². The van der Waals surface area contributed by atoms with Crippen LogP contribution in [-0.4, -0.2) is 38.8 Å². The number of hydrogen-bond donors (Lipinski definition) is 2. The van der Waals surface area contributed by atoms with E-state index in [0.717, 1.165) is 0 Å². The van der Waals surface area contributed by atoms with Gasteiger partial charge in [-0.15, -0.1) is 0 Å². The third-order valence-electron chi connectivity index (χ3n) is 2.50. The molecule has 1 aromatic rings. The van der Waals surface area contributed by atoms with Gasteiger partial charge in [-0.05, 0) is 74.1 Å². The first-order chi connectivity index (χ1) is 9.79. The van der Waals surface area contributed by atoms with Crippen LogP contribution in [0.15, 0.2) is 21.5 Å². The summed E-state index contributed by atoms with van der Waals surface area (Å²) in [7, 11) is 0. The van der Waals surface area contributed by atoms with Crippen LogP contribution in [0.25, 0.3) is 6.08 Å². The van der Waals surface area contributed by atoms with Crippen molar-refractivity contribution in [2.45, 2.75) is 0 Å². The Kier molecular flexibility index (Phi) is 4.94. The number of phenolic OH excluding ortho intramolecular Hbond substituents is 1. The molecule has 0 saturated carbocycles. The number of imide groups is 1. The van der Waals surface area contributed by atoms with Crippen LogP contribution in [0.2, 0.25) is 0 Å². The number of carbonyl (C=O) groups excluding carboxylic acids is 2. The average molecular weight is 484 g/mol. The second-order valence-electron chi connectivity index (χ2n) is 3.99. The summed E-state index contributed by atoms with van der Waals surface area (Å²) in [5.41, 5.74) is 0.616. The molecule has 1 fully saturated rings. The molecule has 2 N–H and O–H groups in total. The van der Waals surface area contributed by atoms with Gasteiger partial charge >= 0.3 is 5.97 Å². The Labute approximate surface area is 145 Å². The summed E-state index contributed by atoms with van der Waals surface area (Å²) in [6, 6.07) is 3.24. The predicted octanol–water partition coefficient (Wildman–Crippen LogP) is 2.88. The maximum atomic E-state index is 12.0. The quantitative estimate of drug-likeness (QED) is 0.507. The molecular weight excluding hydrogens is 477 g/mol. The van der Waals surface area contributed by atoms with E-state index in [9.17, 15) is 19.5 Å². The molecule has 21 heavy (non-hydrogen) atoms. The Hall–Kier alpha value is -1.07. The Morgan fingerprint density at radius 2 is 2.10 bits per heavy atom. The minimum atomic E-state index is -1.25. The lowest BCUT2D eigenvalue weighted by molar-refractivity contribution is -0.140. The van der Waals surface area contributed by atoms with Crippen LogP contribution in [0.3, 0.4) is 0 Å². The second kappa shape index (κ2) is 6.36. The number of carboxylic acids is 1. The monoisotopic (exact) mass is 483 g/mol. The lowest BCUT2D eigenvalue weighted by atomic mass is 10.2. The molecule has 0 aliphatic carbocycles. The number of hydrogen-bond acceptors (Lipinski definition) is 5. The molecule has 6 nitrogen and oxygen atoms in total. The van der Waals surface area contributed by atoms with E-state index >= 15 is 0 Å². The number of carbonyl (C=O) groups is 3. The Balaban J connectivity index is 2.33. The van der Waals surface area contributed by atoms with Gasteiger partial charge in [0.05, 0.1) is 12.9 Å². The van der Waals surface area contributed by atoms with Gasteiger partial charge in [-0.1, -0.05) is 0 Å². The first-order valence-corrected chi connectivity index (χ1v) is 8.13. The molecule has 1 aromatic carbocycles. The number of aliphatic carboxylic acids is 1. The van der Waals surface area contributed by atoms with Gasteiger partial charge in [-0.25, -0.2) is 0 Å². The Morgan fingerprint density at radius 1 is 1.43 bits per heavy atom. The topological polar surface area (TPSA) is 94.9 Å². The zero-order chi connectivity index (χ0) is 15.7. The molecule has 0 atom stereocenters. The number of halogens is 2. The second-order valence-corrected chi connectivity index (χ2v) is 7.00. The molecule has 1 saturated heterocycles. The molecule has 0 unspecified atom stereocenters. The summed E-state index contributed by atoms with van der Waals surface area (Å²) in [6.45, 7) is -0.654. The van der Waals surface area contributed by atoms with Crippen LogP contribution in [0, 0.1) is 3.57 Å². The molecule has 2 amide bonds. The molecule has 9 heteroatoms. The van der Waals surface area contributed by atoms with E-state index in [1.54, 1.807) is 12.1 Å². The van der Waals surface area contributed by atoms with Gasteiger partial charge in [0.15, 0.2) is 0 Å². The predicted molar refractivity (Wildman–Crippen MR) is 88.8 cm³/mol. The number of nitrogens with zero attached hydrogens (tertiary/aromatic N) is 1. The summed E-state index contributed by atoms with van der Waals surface area (Å²) >= 11 is 5.81. The number of aromatic hydroxyl groups is 1. The Bertz CT molecular complexity index is 667. The lowest BCUT2D eigenvalue weighted by Crippen LogP contribution is -2.33. The normalized spacial score (nSPS) is 16.9. The summed E-state index contributed by atoms with van der Waals surface area (Å²) in [5, 5.41) is 17.7. The standard InChI is InChI=1S/C12H7BrINO5S/c13-6-1-5(2-7(14)10(6)18)3-8-11(19)15(4-9(16)17)12(20)21-8/h1-3,18H,4H2,(H,16,17). The van der Waals surface area contributed by atoms with Crippen molar-refractivity contribution in [3.8, 4) is 5.75 Å². The summed E-state index contributed by atoms with van der Waals surface area (Å²) in [4.78, 5) is 35.1. The minimum Gasteiger partial charge on any atom is -0.506 e. The van der Waals surface area contributed by atoms with Crippen molar-refractivity contribution in [3.05, 3.63) is 30.6 Å². The first kappa shape index (κ1) is 16.3. The van der Waals surface area contributed by atoms with E-state index in [2.05, 4.69) is 15.9 Å². The highest BCUT2D eigenvalue weighted by molar-refractivity contribution is 14.1. The number of carboxylic acid groups (broad SMARTS) is 1. The highest BCUT2D eigenvalue weighted by Gasteiger charge is 2.36. The summed E-state index contributed by atoms with van der Waals surface area (Å²) < 4.78 is 1.04. The van der Waals surface area contributed by atoms with Crippen molar-refractivity contribution in [1.82, 2.24) is 4.90 Å². The van der Waals surface area contributed by atoms with Gasteiger partial charge in [0.1, 0.15) is 12.3 Å². The molecule has 1 heterocycles. The van der Waals surface area contributed by atoms with Gasteiger partial charge in [0, 0.05) is 0 Å². The summed E-state index contributed by atoms with van der Waals surface area (Å²) in [5.74, 6) is -1.79. The fraction of sp³-hybridized carbons (Fsp3) is 0.0833. The van der Waals surface area contributed by atoms with Gasteiger partial charge < -0.3 is 10.2 Å². The van der Waals surface area contributed by atoms with Crippen molar-refractivity contribution in [3.63, 3.8) is 0 Å². The largest absolute Gasteiger partial charge is 0.506 e. The molecule has 0 bridgehead atoms. The van der Waals surface area contributed by atoms with Gasteiger partial charge in [0.2, 0.25) is 0 Å². The van der Waals surface area contributed by atoms with E-state index in [1.165, 1.54) is 6.08 Å². The number of thioether (sulfide) groups is 1. The highest BCUT2D eigenvalue weighted by atomic mass is 127. The van der Waals surface area contributed by atoms with E-state index in [4.69, 9.17) is 5.11 Å². The summed E-state index contributed by atoms with van der Waals surface area (Å²) in [6.07, 6.45) is 1.49. The van der Waals surface area contributed by atoms with E-state index in [-0.39, 0.29) is 10.7 Å². The van der Waals surface area contributed by atoms with Gasteiger partial charge in [0.25, 0.3) is 11.1 Å². The maximum Gasteiger partial charge on any atom is 0.323 e. The molecule has 1 aliphatic heterocycles. The van der Waals surface area contributed by atoms with Crippen LogP contribution < -0.4 is 0 Å². The zero-order valence-corrected chi connectivity index (χ0v) is 14.7. The first-order valence-electron chi connectivity index (χ1n) is 5.44. The van der Waals surface area contributed by atoms with Crippen LogP contribution >= 0.6 is 50.3 Å². The molecule has 0 spiro atoms. The van der Waals surface area contributed by atoms with Crippen molar-refractivity contribution in [1.29, 1.82) is 0 Å². The van der Waals surface area contributed by atoms with Crippen LogP contribution in [-0.2, 0) is 9.59 Å². The van der Waals surface area contributed by atoms with Crippen molar-refractivity contribution < 1.29 is 24.6 Å². The van der Waals surface area contributed by atoms with Crippen LogP contribution in [0.5, 0.6) is 5.75 Å². The van der Waals surface area contributed by atoms with Crippen LogP contribution in [0.4, 0.5) is 4.79 Å². The third kappa shape index (κ3) is 3.58. The molecule has 2 rings (SSSR count). The molecule has 1 aliphatic rings. The third-order valence-corrected chi connectivity index (χ3v) is 4.84. The fourth-order valence-corrected chi connectivity index (χ4v) is 3.93. The average Bonchev–Trinajstić information content (AvgIpc) is 2.63. The fourth-order valence-electron chi connectivity index (χ4n) is 1.59. The van der Waals surface area contributed by atoms with Crippen LogP contribution in [0.1, 0.15) is 5.56 Å². The van der Waals surface area contributed by atoms with Crippen molar-refractivity contribution in [2.75, 3.05) is 6.54 Å². The molecular formula is C12H7BrINO5S. The molecule has 0 aromatic heterocycles. The van der Waals surface area contributed by atoms with E-state index < -0.39 is 23.7 Å². The van der Waals surface area contributed by atoms with E-state index in [1.807, 2.05) is 22.6 Å². The Morgan fingerprint density at radius 3 is 2.67 bits per heavy atom. The smallest absolute Gasteiger partial charge is 0.323 e. The van der Waals surface area contributed by atoms with Gasteiger partial charge in [-0.2, -0.15) is 0 Å². The maximum absolute atomic E-state index is 12.0. The molecule has 110 valence electrons. The SMILES string of the molecule is O=C(O)CN1C(=O)SC(=Cc2cc(Br)c(O)c(I)c2)C1=O. The lowest BCUT2D eigenvalue weighted by Gasteiger charge is -2.07. The van der Waals surface area contributed by atoms with E-state index in [0.29, 0.717) is 30.3 Å². The zero-order valence-electron chi connectivity index (χ0n) is 10.2. The minimum absolute atomic E-state index is 0.0896. The number of benzene rings is 1. The van der Waals surface area contributed by atoms with Crippen molar-refractivity contribution in [2.24, 2.45) is 0 Å². The number of amides is 2.